The number of carbonyl (C=O) groups is 1. The van der Waals surface area contributed by atoms with Crippen molar-refractivity contribution in [1.82, 2.24) is 14.8 Å². The van der Waals surface area contributed by atoms with Crippen LogP contribution in [0.3, 0.4) is 0 Å². The molecule has 2 aromatic rings. The summed E-state index contributed by atoms with van der Waals surface area (Å²) in [5.74, 6) is -0.390. The standard InChI is InChI=1S/C14H15ClN4O2/c1-8(20)11-12(9-3-5-10(15)6-4-9)19-13(16-7-17-19)18-14(11,2)21/h3-7,11-12,21H,1-2H3,(H,16,17,18)/t11-,12+,14+/m1/s1. The lowest BCUT2D eigenvalue weighted by atomic mass is 9.81. The number of Topliss-reactive ketones (excluding diaryl/α,β-unsaturated/α-hetero) is 1. The minimum Gasteiger partial charge on any atom is -0.370 e. The zero-order valence-electron chi connectivity index (χ0n) is 11.6. The summed E-state index contributed by atoms with van der Waals surface area (Å²) < 4.78 is 1.62. The van der Waals surface area contributed by atoms with Gasteiger partial charge in [-0.3, -0.25) is 4.79 Å². The van der Waals surface area contributed by atoms with Crippen LogP contribution in [-0.4, -0.2) is 31.4 Å². The minimum absolute atomic E-state index is 0.131. The number of nitrogens with zero attached hydrogens (tertiary/aromatic N) is 3. The van der Waals surface area contributed by atoms with Crippen LogP contribution in [-0.2, 0) is 4.79 Å². The van der Waals surface area contributed by atoms with Gasteiger partial charge in [0, 0.05) is 5.02 Å². The van der Waals surface area contributed by atoms with Crippen molar-refractivity contribution in [1.29, 1.82) is 0 Å². The highest BCUT2D eigenvalue weighted by Gasteiger charge is 2.48. The van der Waals surface area contributed by atoms with E-state index in [0.29, 0.717) is 11.0 Å². The Labute approximate surface area is 126 Å². The zero-order chi connectivity index (χ0) is 15.2. The van der Waals surface area contributed by atoms with Crippen LogP contribution >= 0.6 is 11.6 Å². The van der Waals surface area contributed by atoms with E-state index in [4.69, 9.17) is 11.6 Å². The molecular weight excluding hydrogens is 292 g/mol. The Hall–Kier alpha value is -1.92. The molecule has 2 N–H and O–H groups in total. The maximum Gasteiger partial charge on any atom is 0.223 e. The van der Waals surface area contributed by atoms with Gasteiger partial charge in [0.25, 0.3) is 0 Å². The van der Waals surface area contributed by atoms with Crippen molar-refractivity contribution < 1.29 is 9.90 Å². The molecule has 0 bridgehead atoms. The number of anilines is 1. The molecule has 1 aromatic carbocycles. The van der Waals surface area contributed by atoms with E-state index >= 15 is 0 Å². The van der Waals surface area contributed by atoms with Crippen molar-refractivity contribution in [2.24, 2.45) is 5.92 Å². The number of aliphatic hydroxyl groups is 1. The zero-order valence-corrected chi connectivity index (χ0v) is 12.4. The predicted octanol–water partition coefficient (Wildman–Crippen LogP) is 1.86. The van der Waals surface area contributed by atoms with Crippen LogP contribution < -0.4 is 5.32 Å². The summed E-state index contributed by atoms with van der Waals surface area (Å²) in [6.07, 6.45) is 1.39. The molecule has 0 saturated carbocycles. The maximum atomic E-state index is 12.1. The van der Waals surface area contributed by atoms with Gasteiger partial charge >= 0.3 is 0 Å². The van der Waals surface area contributed by atoms with Crippen LogP contribution in [0.5, 0.6) is 0 Å². The normalized spacial score (nSPS) is 27.8. The van der Waals surface area contributed by atoms with E-state index in [0.717, 1.165) is 5.56 Å². The van der Waals surface area contributed by atoms with Crippen LogP contribution in [0.1, 0.15) is 25.5 Å². The molecular formula is C14H15ClN4O2. The minimum atomic E-state index is -1.40. The van der Waals surface area contributed by atoms with Gasteiger partial charge in [-0.2, -0.15) is 10.1 Å². The number of hydrogen-bond donors (Lipinski definition) is 2. The quantitative estimate of drug-likeness (QED) is 0.885. The number of halogens is 1. The van der Waals surface area contributed by atoms with Crippen LogP contribution in [0.4, 0.5) is 5.95 Å². The first-order chi connectivity index (χ1) is 9.90. The third kappa shape index (κ3) is 2.30. The maximum absolute atomic E-state index is 12.1. The Bertz CT molecular complexity index is 681. The number of benzene rings is 1. The summed E-state index contributed by atoms with van der Waals surface area (Å²) >= 11 is 5.92. The molecule has 0 fully saturated rings. The highest BCUT2D eigenvalue weighted by Crippen LogP contribution is 2.40. The van der Waals surface area contributed by atoms with E-state index in [1.165, 1.54) is 13.3 Å². The third-order valence-corrected chi connectivity index (χ3v) is 4.02. The summed E-state index contributed by atoms with van der Waals surface area (Å²) in [5.41, 5.74) is -0.563. The first-order valence-electron chi connectivity index (χ1n) is 6.56. The molecule has 0 saturated heterocycles. The van der Waals surface area contributed by atoms with E-state index in [1.54, 1.807) is 23.7 Å². The van der Waals surface area contributed by atoms with Gasteiger partial charge in [-0.05, 0) is 31.5 Å². The Morgan fingerprint density at radius 2 is 2.10 bits per heavy atom. The molecule has 2 heterocycles. The number of hydrogen-bond acceptors (Lipinski definition) is 5. The van der Waals surface area contributed by atoms with Crippen molar-refractivity contribution in [2.45, 2.75) is 25.6 Å². The lowest BCUT2D eigenvalue weighted by Crippen LogP contribution is -2.54. The molecule has 0 spiro atoms. The largest absolute Gasteiger partial charge is 0.370 e. The fourth-order valence-corrected chi connectivity index (χ4v) is 3.03. The van der Waals surface area contributed by atoms with Gasteiger partial charge in [0.1, 0.15) is 17.8 Å². The first-order valence-corrected chi connectivity index (χ1v) is 6.94. The lowest BCUT2D eigenvalue weighted by Gasteiger charge is -2.42. The van der Waals surface area contributed by atoms with E-state index < -0.39 is 17.7 Å². The van der Waals surface area contributed by atoms with E-state index in [-0.39, 0.29) is 5.78 Å². The van der Waals surface area contributed by atoms with Crippen LogP contribution in [0.15, 0.2) is 30.6 Å². The van der Waals surface area contributed by atoms with Crippen molar-refractivity contribution in [3.63, 3.8) is 0 Å². The molecule has 1 aliphatic rings. The van der Waals surface area contributed by atoms with Gasteiger partial charge < -0.3 is 10.4 Å². The van der Waals surface area contributed by atoms with Gasteiger partial charge in [0.2, 0.25) is 5.95 Å². The fraction of sp³-hybridized carbons (Fsp3) is 0.357. The van der Waals surface area contributed by atoms with Gasteiger partial charge in [0.15, 0.2) is 0 Å². The lowest BCUT2D eigenvalue weighted by molar-refractivity contribution is -0.130. The molecule has 1 aromatic heterocycles. The number of carbonyl (C=O) groups excluding carboxylic acids is 1. The topological polar surface area (TPSA) is 80.0 Å². The second kappa shape index (κ2) is 4.82. The number of rotatable bonds is 2. The Morgan fingerprint density at radius 3 is 2.71 bits per heavy atom. The summed E-state index contributed by atoms with van der Waals surface area (Å²) in [5, 5.41) is 18.3. The fourth-order valence-electron chi connectivity index (χ4n) is 2.91. The second-order valence-electron chi connectivity index (χ2n) is 5.39. The SMILES string of the molecule is CC(=O)[C@@H]1[C@H](c2ccc(Cl)cc2)n2ncnc2N[C@@]1(C)O. The molecule has 1 aliphatic heterocycles. The van der Waals surface area contributed by atoms with Gasteiger partial charge in [-0.1, -0.05) is 23.7 Å². The van der Waals surface area contributed by atoms with E-state index in [2.05, 4.69) is 15.4 Å². The predicted molar refractivity (Wildman–Crippen MR) is 78.0 cm³/mol. The van der Waals surface area contributed by atoms with Crippen molar-refractivity contribution in [2.75, 3.05) is 5.32 Å². The number of ketones is 1. The van der Waals surface area contributed by atoms with Crippen molar-refractivity contribution in [3.8, 4) is 0 Å². The summed E-state index contributed by atoms with van der Waals surface area (Å²) in [4.78, 5) is 16.2. The van der Waals surface area contributed by atoms with Crippen LogP contribution in [0, 0.1) is 5.92 Å². The number of nitrogens with one attached hydrogen (secondary N) is 1. The average molecular weight is 307 g/mol. The Balaban J connectivity index is 2.18. The molecule has 21 heavy (non-hydrogen) atoms. The molecule has 0 unspecified atom stereocenters. The number of aromatic nitrogens is 3. The molecule has 0 amide bonds. The van der Waals surface area contributed by atoms with Crippen molar-refractivity contribution in [3.05, 3.63) is 41.2 Å². The Kier molecular flexibility index (Phi) is 3.22. The summed E-state index contributed by atoms with van der Waals surface area (Å²) in [6, 6.07) is 6.72. The molecule has 6 nitrogen and oxygen atoms in total. The molecule has 3 rings (SSSR count). The molecule has 110 valence electrons. The Morgan fingerprint density at radius 1 is 1.43 bits per heavy atom. The molecule has 7 heteroatoms. The van der Waals surface area contributed by atoms with E-state index in [1.807, 2.05) is 12.1 Å². The second-order valence-corrected chi connectivity index (χ2v) is 5.82. The van der Waals surface area contributed by atoms with Crippen LogP contribution in [0.2, 0.25) is 5.02 Å². The van der Waals surface area contributed by atoms with Gasteiger partial charge in [-0.25, -0.2) is 4.68 Å². The smallest absolute Gasteiger partial charge is 0.223 e. The van der Waals surface area contributed by atoms with Crippen LogP contribution in [0.25, 0.3) is 0 Å². The number of fused-ring (bicyclic) bond motifs is 1. The highest BCUT2D eigenvalue weighted by molar-refractivity contribution is 6.30. The average Bonchev–Trinajstić information content (AvgIpc) is 2.84. The summed E-state index contributed by atoms with van der Waals surface area (Å²) in [7, 11) is 0. The first kappa shape index (κ1) is 14.0. The highest BCUT2D eigenvalue weighted by atomic mass is 35.5. The summed E-state index contributed by atoms with van der Waals surface area (Å²) in [6.45, 7) is 3.03. The molecule has 0 aliphatic carbocycles. The van der Waals surface area contributed by atoms with Crippen molar-refractivity contribution >= 4 is 23.3 Å². The van der Waals surface area contributed by atoms with E-state index in [9.17, 15) is 9.90 Å². The molecule has 0 radical (unpaired) electrons. The monoisotopic (exact) mass is 306 g/mol. The van der Waals surface area contributed by atoms with Gasteiger partial charge in [-0.15, -0.1) is 0 Å². The van der Waals surface area contributed by atoms with Gasteiger partial charge in [0.05, 0.1) is 12.0 Å². The third-order valence-electron chi connectivity index (χ3n) is 3.77. The molecule has 3 atom stereocenters.